The zero-order chi connectivity index (χ0) is 20.6. The summed E-state index contributed by atoms with van der Waals surface area (Å²) >= 11 is 0. The summed E-state index contributed by atoms with van der Waals surface area (Å²) in [6.07, 6.45) is 3.68. The fourth-order valence-electron chi connectivity index (χ4n) is 3.46. The van der Waals surface area contributed by atoms with Crippen LogP contribution in [0.4, 0.5) is 11.6 Å². The zero-order valence-electron chi connectivity index (χ0n) is 17.3. The number of nitrogens with zero attached hydrogens (tertiary/aromatic N) is 3. The molecule has 0 atom stereocenters. The predicted molar refractivity (Wildman–Crippen MR) is 113 cm³/mol. The Morgan fingerprint density at radius 3 is 2.62 bits per heavy atom. The first-order chi connectivity index (χ1) is 14.1. The number of aryl methyl sites for hydroxylation is 1. The molecule has 29 heavy (non-hydrogen) atoms. The number of para-hydroxylation sites is 1. The van der Waals surface area contributed by atoms with E-state index in [1.807, 2.05) is 13.0 Å². The molecule has 1 fully saturated rings. The number of benzene rings is 1. The molecule has 1 aromatic carbocycles. The lowest BCUT2D eigenvalue weighted by atomic mass is 10.1. The lowest BCUT2D eigenvalue weighted by molar-refractivity contribution is 0.0951. The Labute approximate surface area is 171 Å². The molecule has 0 saturated carbocycles. The Kier molecular flexibility index (Phi) is 7.10. The Morgan fingerprint density at radius 2 is 1.90 bits per heavy atom. The quantitative estimate of drug-likeness (QED) is 0.660. The molecule has 3 rings (SSSR count). The van der Waals surface area contributed by atoms with Gasteiger partial charge in [0.15, 0.2) is 11.5 Å². The van der Waals surface area contributed by atoms with Crippen LogP contribution in [-0.2, 0) is 0 Å². The average molecular weight is 399 g/mol. The second kappa shape index (κ2) is 9.95. The zero-order valence-corrected chi connectivity index (χ0v) is 17.3. The minimum absolute atomic E-state index is 0.213. The highest BCUT2D eigenvalue weighted by atomic mass is 16.5. The van der Waals surface area contributed by atoms with Crippen molar-refractivity contribution in [1.82, 2.24) is 15.3 Å². The molecule has 0 unspecified atom stereocenters. The fourth-order valence-corrected chi connectivity index (χ4v) is 3.46. The van der Waals surface area contributed by atoms with Crippen molar-refractivity contribution in [2.45, 2.75) is 26.2 Å². The molecule has 8 heteroatoms. The number of anilines is 2. The molecule has 1 aromatic heterocycles. The van der Waals surface area contributed by atoms with Crippen LogP contribution in [0.25, 0.3) is 0 Å². The molecule has 1 aliphatic rings. The molecular formula is C21H29N5O3. The van der Waals surface area contributed by atoms with E-state index in [-0.39, 0.29) is 5.91 Å². The van der Waals surface area contributed by atoms with Gasteiger partial charge in [-0.1, -0.05) is 6.07 Å². The smallest absolute Gasteiger partial charge is 0.255 e. The number of amides is 1. The monoisotopic (exact) mass is 399 g/mol. The molecule has 1 aliphatic heterocycles. The lowest BCUT2D eigenvalue weighted by Gasteiger charge is -2.28. The molecule has 0 bridgehead atoms. The predicted octanol–water partition coefficient (Wildman–Crippen LogP) is 2.63. The van der Waals surface area contributed by atoms with Gasteiger partial charge < -0.3 is 25.0 Å². The van der Waals surface area contributed by atoms with Crippen molar-refractivity contribution in [3.63, 3.8) is 0 Å². The highest BCUT2D eigenvalue weighted by molar-refractivity contribution is 5.97. The van der Waals surface area contributed by atoms with E-state index in [9.17, 15) is 4.79 Å². The van der Waals surface area contributed by atoms with Crippen LogP contribution in [-0.4, -0.2) is 56.3 Å². The van der Waals surface area contributed by atoms with Crippen molar-refractivity contribution in [3.05, 3.63) is 35.7 Å². The van der Waals surface area contributed by atoms with Crippen LogP contribution in [0.5, 0.6) is 11.5 Å². The summed E-state index contributed by atoms with van der Waals surface area (Å²) in [4.78, 5) is 23.8. The summed E-state index contributed by atoms with van der Waals surface area (Å²) in [5, 5.41) is 6.17. The van der Waals surface area contributed by atoms with Crippen LogP contribution < -0.4 is 25.0 Å². The number of rotatable bonds is 8. The third-order valence-electron chi connectivity index (χ3n) is 4.87. The van der Waals surface area contributed by atoms with Gasteiger partial charge in [-0.05, 0) is 38.3 Å². The second-order valence-corrected chi connectivity index (χ2v) is 6.93. The number of carbonyl (C=O) groups excluding carboxylic acids is 1. The van der Waals surface area contributed by atoms with Gasteiger partial charge in [-0.25, -0.2) is 9.97 Å². The van der Waals surface area contributed by atoms with Crippen molar-refractivity contribution in [1.29, 1.82) is 0 Å². The van der Waals surface area contributed by atoms with Crippen LogP contribution in [0.1, 0.15) is 35.4 Å². The Morgan fingerprint density at radius 1 is 1.10 bits per heavy atom. The summed E-state index contributed by atoms with van der Waals surface area (Å²) in [7, 11) is 3.07. The number of nitrogens with one attached hydrogen (secondary N) is 2. The molecule has 1 saturated heterocycles. The molecule has 1 amide bonds. The molecule has 0 radical (unpaired) electrons. The van der Waals surface area contributed by atoms with Crippen molar-refractivity contribution in [3.8, 4) is 11.5 Å². The van der Waals surface area contributed by atoms with Gasteiger partial charge in [-0.3, -0.25) is 4.79 Å². The van der Waals surface area contributed by atoms with Crippen LogP contribution in [0.2, 0.25) is 0 Å². The SMILES string of the molecule is COc1cccc(C(=O)NCCNc2cc(N3CCCCC3)nc(C)n2)c1OC. The van der Waals surface area contributed by atoms with Crippen LogP contribution in [0.3, 0.4) is 0 Å². The molecule has 2 N–H and O–H groups in total. The van der Waals surface area contributed by atoms with E-state index in [4.69, 9.17) is 9.47 Å². The van der Waals surface area contributed by atoms with E-state index in [1.54, 1.807) is 25.3 Å². The highest BCUT2D eigenvalue weighted by Crippen LogP contribution is 2.30. The molecule has 0 aliphatic carbocycles. The van der Waals surface area contributed by atoms with Gasteiger partial charge in [0.25, 0.3) is 5.91 Å². The van der Waals surface area contributed by atoms with Crippen molar-refractivity contribution >= 4 is 17.5 Å². The lowest BCUT2D eigenvalue weighted by Crippen LogP contribution is -2.31. The largest absolute Gasteiger partial charge is 0.493 e. The van der Waals surface area contributed by atoms with E-state index in [1.165, 1.54) is 26.4 Å². The molecule has 2 heterocycles. The number of methoxy groups -OCH3 is 2. The summed E-state index contributed by atoms with van der Waals surface area (Å²) < 4.78 is 10.6. The maximum atomic E-state index is 12.5. The molecule has 2 aromatic rings. The maximum absolute atomic E-state index is 12.5. The van der Waals surface area contributed by atoms with E-state index < -0.39 is 0 Å². The van der Waals surface area contributed by atoms with Gasteiger partial charge in [0, 0.05) is 32.2 Å². The molecular weight excluding hydrogens is 370 g/mol. The van der Waals surface area contributed by atoms with Crippen LogP contribution in [0, 0.1) is 6.92 Å². The Balaban J connectivity index is 1.55. The van der Waals surface area contributed by atoms with Crippen LogP contribution in [0.15, 0.2) is 24.3 Å². The highest BCUT2D eigenvalue weighted by Gasteiger charge is 2.16. The third kappa shape index (κ3) is 5.28. The first-order valence-electron chi connectivity index (χ1n) is 9.96. The first kappa shape index (κ1) is 20.7. The van der Waals surface area contributed by atoms with E-state index in [0.717, 1.165) is 30.5 Å². The minimum Gasteiger partial charge on any atom is -0.493 e. The normalized spacial score (nSPS) is 13.7. The third-order valence-corrected chi connectivity index (χ3v) is 4.87. The summed E-state index contributed by atoms with van der Waals surface area (Å²) in [6.45, 7) is 4.97. The van der Waals surface area contributed by atoms with E-state index in [0.29, 0.717) is 30.2 Å². The van der Waals surface area contributed by atoms with E-state index in [2.05, 4.69) is 25.5 Å². The molecule has 8 nitrogen and oxygen atoms in total. The Hall–Kier alpha value is -3.03. The van der Waals surface area contributed by atoms with Crippen molar-refractivity contribution < 1.29 is 14.3 Å². The summed E-state index contributed by atoms with van der Waals surface area (Å²) in [5.41, 5.74) is 0.442. The topological polar surface area (TPSA) is 88.6 Å². The van der Waals surface area contributed by atoms with Gasteiger partial charge >= 0.3 is 0 Å². The molecule has 0 spiro atoms. The number of aromatic nitrogens is 2. The van der Waals surface area contributed by atoms with Crippen molar-refractivity contribution in [2.75, 3.05) is 50.6 Å². The number of piperidine rings is 1. The van der Waals surface area contributed by atoms with Gasteiger partial charge in [0.05, 0.1) is 19.8 Å². The number of hydrogen-bond donors (Lipinski definition) is 2. The summed E-state index contributed by atoms with van der Waals surface area (Å²) in [6, 6.07) is 7.21. The first-order valence-corrected chi connectivity index (χ1v) is 9.96. The second-order valence-electron chi connectivity index (χ2n) is 6.93. The number of carbonyl (C=O) groups is 1. The van der Waals surface area contributed by atoms with Crippen LogP contribution >= 0.6 is 0 Å². The van der Waals surface area contributed by atoms with Gasteiger partial charge in [0.2, 0.25) is 0 Å². The van der Waals surface area contributed by atoms with Gasteiger partial charge in [0.1, 0.15) is 17.5 Å². The van der Waals surface area contributed by atoms with Gasteiger partial charge in [-0.15, -0.1) is 0 Å². The number of ether oxygens (including phenoxy) is 2. The average Bonchev–Trinajstić information content (AvgIpc) is 2.76. The minimum atomic E-state index is -0.213. The fraction of sp³-hybridized carbons (Fsp3) is 0.476. The summed E-state index contributed by atoms with van der Waals surface area (Å²) in [5.74, 6) is 3.21. The molecule has 156 valence electrons. The standard InChI is InChI=1S/C21H29N5O3/c1-15-24-18(14-19(25-15)26-12-5-4-6-13-26)22-10-11-23-21(27)16-8-7-9-17(28-2)20(16)29-3/h7-9,14H,4-6,10-13H2,1-3H3,(H,23,27)(H,22,24,25). The Bertz CT molecular complexity index is 837. The van der Waals surface area contributed by atoms with Gasteiger partial charge in [-0.2, -0.15) is 0 Å². The van der Waals surface area contributed by atoms with E-state index >= 15 is 0 Å². The number of hydrogen-bond acceptors (Lipinski definition) is 7. The maximum Gasteiger partial charge on any atom is 0.255 e. The van der Waals surface area contributed by atoms with Crippen molar-refractivity contribution in [2.24, 2.45) is 0 Å².